The van der Waals surface area contributed by atoms with Crippen LogP contribution in [0.15, 0.2) is 84.9 Å². The summed E-state index contributed by atoms with van der Waals surface area (Å²) in [5, 5.41) is 3.00. The van der Waals surface area contributed by atoms with Crippen molar-refractivity contribution in [2.75, 3.05) is 36.4 Å². The molecule has 1 N–H and O–H groups in total. The quantitative estimate of drug-likeness (QED) is 0.400. The third-order valence-corrected chi connectivity index (χ3v) is 6.58. The first-order valence-corrected chi connectivity index (χ1v) is 12.4. The highest BCUT2D eigenvalue weighted by molar-refractivity contribution is 5.89. The molecule has 182 valence electrons. The van der Waals surface area contributed by atoms with Gasteiger partial charge in [-0.1, -0.05) is 72.3 Å². The lowest BCUT2D eigenvalue weighted by molar-refractivity contribution is 0.208. The van der Waals surface area contributed by atoms with E-state index in [4.69, 9.17) is 9.97 Å². The van der Waals surface area contributed by atoms with Gasteiger partial charge in [-0.25, -0.2) is 14.8 Å². The second-order valence-electron chi connectivity index (χ2n) is 9.24. The number of hydrogen-bond donors (Lipinski definition) is 1. The van der Waals surface area contributed by atoms with Gasteiger partial charge in [-0.05, 0) is 37.6 Å². The summed E-state index contributed by atoms with van der Waals surface area (Å²) in [5.41, 5.74) is 6.37. The minimum Gasteiger partial charge on any atom is -0.353 e. The first-order valence-electron chi connectivity index (χ1n) is 12.4. The summed E-state index contributed by atoms with van der Waals surface area (Å²) < 4.78 is 0. The van der Waals surface area contributed by atoms with Crippen molar-refractivity contribution in [3.05, 3.63) is 107 Å². The lowest BCUT2D eigenvalue weighted by Crippen LogP contribution is -2.50. The van der Waals surface area contributed by atoms with Gasteiger partial charge in [0.05, 0.1) is 0 Å². The number of nitrogens with one attached hydrogen (secondary N) is 1. The van der Waals surface area contributed by atoms with Crippen LogP contribution in [0.3, 0.4) is 0 Å². The lowest BCUT2D eigenvalue weighted by Gasteiger charge is -2.36. The summed E-state index contributed by atoms with van der Waals surface area (Å²) >= 11 is 0. The molecule has 6 heteroatoms. The van der Waals surface area contributed by atoms with E-state index < -0.39 is 0 Å². The van der Waals surface area contributed by atoms with Gasteiger partial charge in [0.25, 0.3) is 0 Å². The van der Waals surface area contributed by atoms with Crippen LogP contribution in [0.2, 0.25) is 0 Å². The van der Waals surface area contributed by atoms with Crippen molar-refractivity contribution >= 4 is 17.5 Å². The van der Waals surface area contributed by atoms with E-state index in [0.29, 0.717) is 26.2 Å². The molecule has 0 aliphatic carbocycles. The molecule has 1 aliphatic heterocycles. The van der Waals surface area contributed by atoms with Gasteiger partial charge < -0.3 is 15.1 Å². The molecule has 0 radical (unpaired) electrons. The summed E-state index contributed by atoms with van der Waals surface area (Å²) in [5.74, 6) is 1.71. The van der Waals surface area contributed by atoms with Gasteiger partial charge in [-0.3, -0.25) is 0 Å². The Balaban J connectivity index is 1.41. The lowest BCUT2D eigenvalue weighted by atomic mass is 10.0. The molecule has 2 heterocycles. The van der Waals surface area contributed by atoms with Crippen molar-refractivity contribution in [3.63, 3.8) is 0 Å². The molecule has 6 nitrogen and oxygen atoms in total. The Morgan fingerprint density at radius 1 is 0.833 bits per heavy atom. The van der Waals surface area contributed by atoms with Crippen molar-refractivity contribution in [2.24, 2.45) is 0 Å². The maximum atomic E-state index is 12.8. The van der Waals surface area contributed by atoms with Crippen LogP contribution >= 0.6 is 0 Å². The molecule has 36 heavy (non-hydrogen) atoms. The standard InChI is InChI=1S/C30H31N5O/c1-22-10-9-13-25(20-22)28-31-23(2)27(21-24-11-5-3-6-12-24)29(33-28)34-16-18-35(19-17-34)30(36)32-26-14-7-4-8-15-26/h3-15,20H,16-19,21H2,1-2H3,(H,32,36). The molecule has 1 aliphatic rings. The molecule has 2 amide bonds. The second kappa shape index (κ2) is 10.6. The minimum absolute atomic E-state index is 0.0651. The molecular weight excluding hydrogens is 446 g/mol. The monoisotopic (exact) mass is 477 g/mol. The molecule has 1 saturated heterocycles. The molecular formula is C30H31N5O. The van der Waals surface area contributed by atoms with Crippen LogP contribution in [0.1, 0.15) is 22.4 Å². The van der Waals surface area contributed by atoms with Gasteiger partial charge >= 0.3 is 6.03 Å². The van der Waals surface area contributed by atoms with Crippen molar-refractivity contribution in [3.8, 4) is 11.4 Å². The number of nitrogens with zero attached hydrogens (tertiary/aromatic N) is 4. The zero-order valence-corrected chi connectivity index (χ0v) is 20.8. The highest BCUT2D eigenvalue weighted by atomic mass is 16.2. The van der Waals surface area contributed by atoms with Crippen LogP contribution in [0.5, 0.6) is 0 Å². The zero-order valence-electron chi connectivity index (χ0n) is 20.8. The third kappa shape index (κ3) is 5.38. The number of carbonyl (C=O) groups excluding carboxylic acids is 1. The Morgan fingerprint density at radius 2 is 1.53 bits per heavy atom. The SMILES string of the molecule is Cc1cccc(-c2nc(C)c(Cc3ccccc3)c(N3CCN(C(=O)Nc4ccccc4)CC3)n2)c1. The molecule has 0 saturated carbocycles. The smallest absolute Gasteiger partial charge is 0.321 e. The van der Waals surface area contributed by atoms with Gasteiger partial charge in [0.1, 0.15) is 5.82 Å². The number of anilines is 2. The Kier molecular flexibility index (Phi) is 6.94. The van der Waals surface area contributed by atoms with E-state index in [1.165, 1.54) is 11.1 Å². The van der Waals surface area contributed by atoms with Crippen molar-refractivity contribution < 1.29 is 4.79 Å². The fourth-order valence-electron chi connectivity index (χ4n) is 4.61. The molecule has 0 spiro atoms. The number of amides is 2. The number of para-hydroxylation sites is 1. The maximum Gasteiger partial charge on any atom is 0.321 e. The van der Waals surface area contributed by atoms with Crippen LogP contribution < -0.4 is 10.2 Å². The van der Waals surface area contributed by atoms with Crippen LogP contribution in [0.4, 0.5) is 16.3 Å². The van der Waals surface area contributed by atoms with E-state index in [9.17, 15) is 4.79 Å². The number of aromatic nitrogens is 2. The van der Waals surface area contributed by atoms with Gasteiger partial charge in [-0.15, -0.1) is 0 Å². The number of aryl methyl sites for hydroxylation is 2. The fraction of sp³-hybridized carbons (Fsp3) is 0.233. The number of benzene rings is 3. The predicted octanol–water partition coefficient (Wildman–Crippen LogP) is 5.71. The molecule has 0 unspecified atom stereocenters. The zero-order chi connectivity index (χ0) is 24.9. The number of hydrogen-bond acceptors (Lipinski definition) is 4. The van der Waals surface area contributed by atoms with Gasteiger partial charge in [0.15, 0.2) is 5.82 Å². The number of rotatable bonds is 5. The highest BCUT2D eigenvalue weighted by Crippen LogP contribution is 2.28. The number of carbonyl (C=O) groups is 1. The molecule has 1 fully saturated rings. The Labute approximate surface area is 212 Å². The van der Waals surface area contributed by atoms with Crippen LogP contribution in [0.25, 0.3) is 11.4 Å². The Hall–Kier alpha value is -4.19. The van der Waals surface area contributed by atoms with Crippen molar-refractivity contribution in [2.45, 2.75) is 20.3 Å². The summed E-state index contributed by atoms with van der Waals surface area (Å²) in [6.07, 6.45) is 0.769. The minimum atomic E-state index is -0.0651. The molecule has 0 bridgehead atoms. The van der Waals surface area contributed by atoms with E-state index in [1.807, 2.05) is 47.4 Å². The second-order valence-corrected chi connectivity index (χ2v) is 9.24. The normalized spacial score (nSPS) is 13.5. The summed E-state index contributed by atoms with van der Waals surface area (Å²) in [6, 6.07) is 28.3. The average Bonchev–Trinajstić information content (AvgIpc) is 2.91. The van der Waals surface area contributed by atoms with Gasteiger partial charge in [-0.2, -0.15) is 0 Å². The fourth-order valence-corrected chi connectivity index (χ4v) is 4.61. The summed E-state index contributed by atoms with van der Waals surface area (Å²) in [7, 11) is 0. The van der Waals surface area contributed by atoms with Crippen molar-refractivity contribution in [1.29, 1.82) is 0 Å². The van der Waals surface area contributed by atoms with E-state index in [2.05, 4.69) is 66.5 Å². The molecule has 3 aromatic carbocycles. The van der Waals surface area contributed by atoms with E-state index in [0.717, 1.165) is 40.6 Å². The predicted molar refractivity (Wildman–Crippen MR) is 145 cm³/mol. The number of piperazine rings is 1. The number of urea groups is 1. The van der Waals surface area contributed by atoms with Crippen molar-refractivity contribution in [1.82, 2.24) is 14.9 Å². The topological polar surface area (TPSA) is 61.4 Å². The molecule has 1 aromatic heterocycles. The first kappa shape index (κ1) is 23.5. The molecule has 5 rings (SSSR count). The average molecular weight is 478 g/mol. The summed E-state index contributed by atoms with van der Waals surface area (Å²) in [6.45, 7) is 6.85. The van der Waals surface area contributed by atoms with E-state index in [1.54, 1.807) is 0 Å². The van der Waals surface area contributed by atoms with Gasteiger partial charge in [0, 0.05) is 55.1 Å². The Morgan fingerprint density at radius 3 is 2.22 bits per heavy atom. The van der Waals surface area contributed by atoms with Crippen LogP contribution in [0, 0.1) is 13.8 Å². The van der Waals surface area contributed by atoms with E-state index >= 15 is 0 Å². The summed E-state index contributed by atoms with van der Waals surface area (Å²) in [4.78, 5) is 27.0. The van der Waals surface area contributed by atoms with E-state index in [-0.39, 0.29) is 6.03 Å². The maximum absolute atomic E-state index is 12.8. The van der Waals surface area contributed by atoms with Crippen LogP contribution in [-0.2, 0) is 6.42 Å². The van der Waals surface area contributed by atoms with Gasteiger partial charge in [0.2, 0.25) is 0 Å². The largest absolute Gasteiger partial charge is 0.353 e. The molecule has 0 atom stereocenters. The first-order chi connectivity index (χ1) is 17.6. The molecule has 4 aromatic rings. The Bertz CT molecular complexity index is 1330. The highest BCUT2D eigenvalue weighted by Gasteiger charge is 2.25. The third-order valence-electron chi connectivity index (χ3n) is 6.58. The van der Waals surface area contributed by atoms with Crippen LogP contribution in [-0.4, -0.2) is 47.1 Å².